The number of rotatable bonds is 6. The van der Waals surface area contributed by atoms with Crippen LogP contribution in [0.4, 0.5) is 5.69 Å². The highest BCUT2D eigenvalue weighted by Crippen LogP contribution is 2.20. The van der Waals surface area contributed by atoms with Crippen LogP contribution in [-0.2, 0) is 14.3 Å². The van der Waals surface area contributed by atoms with Crippen LogP contribution in [-0.4, -0.2) is 36.1 Å². The second-order valence-corrected chi connectivity index (χ2v) is 5.57. The summed E-state index contributed by atoms with van der Waals surface area (Å²) in [6, 6.07) is 8.46. The van der Waals surface area contributed by atoms with Crippen molar-refractivity contribution in [3.63, 3.8) is 0 Å². The van der Waals surface area contributed by atoms with E-state index in [1.165, 1.54) is 6.07 Å². The van der Waals surface area contributed by atoms with Crippen LogP contribution in [0.25, 0.3) is 0 Å². The monoisotopic (exact) mass is 395 g/mol. The molecule has 0 bridgehead atoms. The fourth-order valence-electron chi connectivity index (χ4n) is 1.65. The molecule has 2 amide bonds. The Morgan fingerprint density at radius 3 is 2.67 bits per heavy atom. The summed E-state index contributed by atoms with van der Waals surface area (Å²) in [5, 5.41) is 8.51. The third kappa shape index (κ3) is 5.20. The lowest BCUT2D eigenvalue weighted by atomic mass is 10.3. The molecule has 0 saturated carbocycles. The molecular weight excluding hydrogens is 382 g/mol. The number of amides is 2. The second kappa shape index (κ2) is 8.25. The number of halogens is 1. The first kappa shape index (κ1) is 17.7. The van der Waals surface area contributed by atoms with Crippen LogP contribution in [0.15, 0.2) is 39.3 Å². The largest absolute Gasteiger partial charge is 0.450 e. The Morgan fingerprint density at radius 1 is 1.25 bits per heavy atom. The SMILES string of the molecule is Cc1cc(C(=O)OCC(=O)NCC(=O)Nc2ccccc2Br)on1. The molecule has 0 aliphatic heterocycles. The average molecular weight is 396 g/mol. The number of esters is 1. The lowest BCUT2D eigenvalue weighted by Crippen LogP contribution is -2.35. The van der Waals surface area contributed by atoms with Crippen LogP contribution >= 0.6 is 15.9 Å². The van der Waals surface area contributed by atoms with Crippen LogP contribution in [0.2, 0.25) is 0 Å². The molecule has 1 aromatic carbocycles. The van der Waals surface area contributed by atoms with E-state index in [2.05, 4.69) is 31.7 Å². The van der Waals surface area contributed by atoms with E-state index < -0.39 is 24.4 Å². The van der Waals surface area contributed by atoms with Crippen molar-refractivity contribution < 1.29 is 23.6 Å². The number of hydrogen-bond acceptors (Lipinski definition) is 6. The number of anilines is 1. The van der Waals surface area contributed by atoms with Gasteiger partial charge in [-0.05, 0) is 35.0 Å². The van der Waals surface area contributed by atoms with E-state index in [4.69, 9.17) is 9.26 Å². The molecular formula is C15H14BrN3O5. The van der Waals surface area contributed by atoms with Crippen LogP contribution < -0.4 is 10.6 Å². The van der Waals surface area contributed by atoms with Gasteiger partial charge in [-0.15, -0.1) is 0 Å². The third-order valence-electron chi connectivity index (χ3n) is 2.76. The molecule has 1 heterocycles. The molecule has 2 rings (SSSR count). The molecule has 0 fully saturated rings. The molecule has 0 atom stereocenters. The van der Waals surface area contributed by atoms with E-state index in [1.54, 1.807) is 25.1 Å². The second-order valence-electron chi connectivity index (χ2n) is 4.71. The van der Waals surface area contributed by atoms with Crippen molar-refractivity contribution in [2.75, 3.05) is 18.5 Å². The Labute approximate surface area is 145 Å². The first-order valence-electron chi connectivity index (χ1n) is 6.87. The van der Waals surface area contributed by atoms with Crippen molar-refractivity contribution in [3.8, 4) is 0 Å². The maximum atomic E-state index is 11.8. The Morgan fingerprint density at radius 2 is 2.00 bits per heavy atom. The highest BCUT2D eigenvalue weighted by atomic mass is 79.9. The molecule has 0 aliphatic rings. The molecule has 8 nitrogen and oxygen atoms in total. The smallest absolute Gasteiger partial charge is 0.377 e. The molecule has 0 aliphatic carbocycles. The molecule has 9 heteroatoms. The van der Waals surface area contributed by atoms with Crippen LogP contribution in [0.3, 0.4) is 0 Å². The lowest BCUT2D eigenvalue weighted by molar-refractivity contribution is -0.126. The fraction of sp³-hybridized carbons (Fsp3) is 0.200. The quantitative estimate of drug-likeness (QED) is 0.719. The number of para-hydroxylation sites is 1. The fourth-order valence-corrected chi connectivity index (χ4v) is 2.03. The molecule has 0 spiro atoms. The van der Waals surface area contributed by atoms with E-state index in [0.717, 1.165) is 4.47 Å². The Hall–Kier alpha value is -2.68. The third-order valence-corrected chi connectivity index (χ3v) is 3.45. The molecule has 2 N–H and O–H groups in total. The Bertz CT molecular complexity index is 759. The topological polar surface area (TPSA) is 111 Å². The van der Waals surface area contributed by atoms with Gasteiger partial charge >= 0.3 is 5.97 Å². The number of aromatic nitrogens is 1. The first-order chi connectivity index (χ1) is 11.5. The van der Waals surface area contributed by atoms with Gasteiger partial charge in [0.05, 0.1) is 17.9 Å². The van der Waals surface area contributed by atoms with Crippen molar-refractivity contribution in [2.45, 2.75) is 6.92 Å². The number of carbonyl (C=O) groups excluding carboxylic acids is 3. The highest BCUT2D eigenvalue weighted by molar-refractivity contribution is 9.10. The number of nitrogens with zero attached hydrogens (tertiary/aromatic N) is 1. The van der Waals surface area contributed by atoms with Gasteiger partial charge in [0.25, 0.3) is 5.91 Å². The number of benzene rings is 1. The average Bonchev–Trinajstić information content (AvgIpc) is 2.99. The standard InChI is InChI=1S/C15H14BrN3O5/c1-9-6-12(24-19-9)15(22)23-8-14(21)17-7-13(20)18-11-5-3-2-4-10(11)16/h2-6H,7-8H2,1H3,(H,17,21)(H,18,20). The van der Waals surface area contributed by atoms with Crippen molar-refractivity contribution in [1.29, 1.82) is 0 Å². The number of hydrogen-bond donors (Lipinski definition) is 2. The van der Waals surface area contributed by atoms with E-state index in [9.17, 15) is 14.4 Å². The summed E-state index contributed by atoms with van der Waals surface area (Å²) in [4.78, 5) is 34.9. The first-order valence-corrected chi connectivity index (χ1v) is 7.66. The molecule has 126 valence electrons. The van der Waals surface area contributed by atoms with Crippen molar-refractivity contribution in [2.24, 2.45) is 0 Å². The predicted molar refractivity (Wildman–Crippen MR) is 87.3 cm³/mol. The summed E-state index contributed by atoms with van der Waals surface area (Å²) in [6.45, 7) is 0.872. The molecule has 1 aromatic heterocycles. The van der Waals surface area contributed by atoms with Gasteiger partial charge in [0.1, 0.15) is 0 Å². The van der Waals surface area contributed by atoms with E-state index >= 15 is 0 Å². The van der Waals surface area contributed by atoms with Crippen molar-refractivity contribution in [3.05, 3.63) is 46.3 Å². The Kier molecular flexibility index (Phi) is 6.07. The summed E-state index contributed by atoms with van der Waals surface area (Å²) < 4.78 is 10.2. The number of nitrogens with one attached hydrogen (secondary N) is 2. The summed E-state index contributed by atoms with van der Waals surface area (Å²) in [6.07, 6.45) is 0. The van der Waals surface area contributed by atoms with Gasteiger partial charge in [0.2, 0.25) is 11.7 Å². The van der Waals surface area contributed by atoms with Gasteiger partial charge in [-0.3, -0.25) is 9.59 Å². The number of carbonyl (C=O) groups is 3. The summed E-state index contributed by atoms with van der Waals surface area (Å²) >= 11 is 3.30. The Balaban J connectivity index is 1.72. The van der Waals surface area contributed by atoms with E-state index in [0.29, 0.717) is 11.4 Å². The van der Waals surface area contributed by atoms with Crippen LogP contribution in [0, 0.1) is 6.92 Å². The minimum Gasteiger partial charge on any atom is -0.450 e. The van der Waals surface area contributed by atoms with Crippen LogP contribution in [0.5, 0.6) is 0 Å². The molecule has 0 saturated heterocycles. The zero-order valence-corrected chi connectivity index (χ0v) is 14.3. The lowest BCUT2D eigenvalue weighted by Gasteiger charge is -2.08. The van der Waals surface area contributed by atoms with Gasteiger partial charge in [0, 0.05) is 10.5 Å². The maximum Gasteiger partial charge on any atom is 0.377 e. The van der Waals surface area contributed by atoms with Gasteiger partial charge in [0.15, 0.2) is 6.61 Å². The van der Waals surface area contributed by atoms with Crippen molar-refractivity contribution in [1.82, 2.24) is 10.5 Å². The van der Waals surface area contributed by atoms with Crippen LogP contribution in [0.1, 0.15) is 16.2 Å². The number of ether oxygens (including phenoxy) is 1. The minimum absolute atomic E-state index is 0.0908. The van der Waals surface area contributed by atoms with E-state index in [-0.39, 0.29) is 12.3 Å². The summed E-state index contributed by atoms with van der Waals surface area (Å²) in [7, 11) is 0. The van der Waals surface area contributed by atoms with Gasteiger partial charge < -0.3 is 19.9 Å². The van der Waals surface area contributed by atoms with Crippen molar-refractivity contribution >= 4 is 39.4 Å². The molecule has 24 heavy (non-hydrogen) atoms. The summed E-state index contributed by atoms with van der Waals surface area (Å²) in [5.74, 6) is -1.91. The van der Waals surface area contributed by atoms with Gasteiger partial charge in [-0.1, -0.05) is 17.3 Å². The molecule has 2 aromatic rings. The zero-order chi connectivity index (χ0) is 17.5. The maximum absolute atomic E-state index is 11.8. The highest BCUT2D eigenvalue weighted by Gasteiger charge is 2.15. The van der Waals surface area contributed by atoms with Gasteiger partial charge in [-0.25, -0.2) is 4.79 Å². The van der Waals surface area contributed by atoms with E-state index in [1.807, 2.05) is 6.07 Å². The summed E-state index contributed by atoms with van der Waals surface area (Å²) in [5.41, 5.74) is 1.11. The molecule has 0 radical (unpaired) electrons. The zero-order valence-electron chi connectivity index (χ0n) is 12.7. The normalized spacial score (nSPS) is 10.1. The molecule has 0 unspecified atom stereocenters. The minimum atomic E-state index is -0.802. The number of aryl methyl sites for hydroxylation is 1. The predicted octanol–water partition coefficient (Wildman–Crippen LogP) is 1.66. The van der Waals surface area contributed by atoms with Gasteiger partial charge in [-0.2, -0.15) is 0 Å².